The lowest BCUT2D eigenvalue weighted by Crippen LogP contribution is -2.52. The van der Waals surface area contributed by atoms with E-state index in [2.05, 4.69) is 59.4 Å². The number of piperazine rings is 1. The van der Waals surface area contributed by atoms with Gasteiger partial charge in [0.1, 0.15) is 0 Å². The van der Waals surface area contributed by atoms with E-state index in [-0.39, 0.29) is 6.03 Å². The summed E-state index contributed by atoms with van der Waals surface area (Å²) in [5.41, 5.74) is 6.27. The molecule has 2 amide bonds. The Labute approximate surface area is 166 Å². The highest BCUT2D eigenvalue weighted by molar-refractivity contribution is 5.83. The van der Waals surface area contributed by atoms with Gasteiger partial charge in [0, 0.05) is 55.5 Å². The zero-order valence-electron chi connectivity index (χ0n) is 16.7. The molecule has 1 aliphatic heterocycles. The lowest BCUT2D eigenvalue weighted by Gasteiger charge is -2.36. The van der Waals surface area contributed by atoms with Crippen LogP contribution >= 0.6 is 0 Å². The Morgan fingerprint density at radius 2 is 1.82 bits per heavy atom. The summed E-state index contributed by atoms with van der Waals surface area (Å²) in [6.45, 7) is 8.19. The standard InChI is InChI=1S/C23H28N4O/c1-17-7-8-20(15-18(17)2)26-11-13-27(14-12-26)23(28)24-10-9-19-16-25-22-6-4-3-5-21(19)22/h3-8,15-16,25H,9-14H2,1-2H3,(H,24,28). The number of carbonyl (C=O) groups excluding carboxylic acids is 1. The van der Waals surface area contributed by atoms with E-state index >= 15 is 0 Å². The Morgan fingerprint density at radius 3 is 2.61 bits per heavy atom. The van der Waals surface area contributed by atoms with Crippen molar-refractivity contribution < 1.29 is 4.79 Å². The van der Waals surface area contributed by atoms with E-state index in [1.54, 1.807) is 0 Å². The van der Waals surface area contributed by atoms with Gasteiger partial charge in [-0.25, -0.2) is 4.79 Å². The van der Waals surface area contributed by atoms with Gasteiger partial charge in [-0.05, 0) is 55.2 Å². The van der Waals surface area contributed by atoms with Crippen LogP contribution in [0.1, 0.15) is 16.7 Å². The largest absolute Gasteiger partial charge is 0.368 e. The van der Waals surface area contributed by atoms with Crippen LogP contribution in [0.3, 0.4) is 0 Å². The van der Waals surface area contributed by atoms with Gasteiger partial charge in [-0.2, -0.15) is 0 Å². The summed E-state index contributed by atoms with van der Waals surface area (Å²) in [4.78, 5) is 20.1. The van der Waals surface area contributed by atoms with E-state index < -0.39 is 0 Å². The molecule has 1 aliphatic rings. The first-order valence-corrected chi connectivity index (χ1v) is 10.0. The Kier molecular flexibility index (Phi) is 5.24. The number of aromatic amines is 1. The minimum absolute atomic E-state index is 0.0413. The number of aryl methyl sites for hydroxylation is 2. The first-order valence-electron chi connectivity index (χ1n) is 10.0. The van der Waals surface area contributed by atoms with Crippen LogP contribution in [0.15, 0.2) is 48.7 Å². The molecule has 5 nitrogen and oxygen atoms in total. The average Bonchev–Trinajstić information content (AvgIpc) is 3.13. The number of anilines is 1. The van der Waals surface area contributed by atoms with Gasteiger partial charge >= 0.3 is 6.03 Å². The van der Waals surface area contributed by atoms with Gasteiger partial charge < -0.3 is 20.1 Å². The minimum Gasteiger partial charge on any atom is -0.368 e. The fraction of sp³-hybridized carbons (Fsp3) is 0.348. The third kappa shape index (κ3) is 3.84. The molecule has 28 heavy (non-hydrogen) atoms. The Morgan fingerprint density at radius 1 is 1.04 bits per heavy atom. The predicted octanol–water partition coefficient (Wildman–Crippen LogP) is 3.86. The number of rotatable bonds is 4. The van der Waals surface area contributed by atoms with Gasteiger partial charge in [0.15, 0.2) is 0 Å². The summed E-state index contributed by atoms with van der Waals surface area (Å²) in [7, 11) is 0. The van der Waals surface area contributed by atoms with Crippen LogP contribution in [0.5, 0.6) is 0 Å². The zero-order valence-corrected chi connectivity index (χ0v) is 16.7. The van der Waals surface area contributed by atoms with Gasteiger partial charge in [-0.1, -0.05) is 24.3 Å². The van der Waals surface area contributed by atoms with Crippen molar-refractivity contribution >= 4 is 22.6 Å². The van der Waals surface area contributed by atoms with E-state index in [0.29, 0.717) is 6.54 Å². The number of carbonyl (C=O) groups is 1. The fourth-order valence-corrected chi connectivity index (χ4v) is 3.84. The van der Waals surface area contributed by atoms with Crippen LogP contribution < -0.4 is 10.2 Å². The maximum absolute atomic E-state index is 12.5. The van der Waals surface area contributed by atoms with Gasteiger partial charge in [0.05, 0.1) is 0 Å². The highest BCUT2D eigenvalue weighted by Crippen LogP contribution is 2.20. The van der Waals surface area contributed by atoms with Crippen molar-refractivity contribution in [3.05, 3.63) is 65.4 Å². The number of nitrogens with zero attached hydrogens (tertiary/aromatic N) is 2. The lowest BCUT2D eigenvalue weighted by atomic mass is 10.1. The molecule has 0 aliphatic carbocycles. The molecule has 2 aromatic carbocycles. The molecule has 2 heterocycles. The number of H-pyrrole nitrogens is 1. The van der Waals surface area contributed by atoms with E-state index in [0.717, 1.165) is 38.1 Å². The highest BCUT2D eigenvalue weighted by atomic mass is 16.2. The van der Waals surface area contributed by atoms with Crippen LogP contribution in [0.4, 0.5) is 10.5 Å². The number of benzene rings is 2. The van der Waals surface area contributed by atoms with E-state index in [1.807, 2.05) is 23.2 Å². The molecule has 0 saturated carbocycles. The van der Waals surface area contributed by atoms with Gasteiger partial charge in [-0.3, -0.25) is 0 Å². The van der Waals surface area contributed by atoms with Gasteiger partial charge in [0.25, 0.3) is 0 Å². The molecule has 5 heteroatoms. The maximum Gasteiger partial charge on any atom is 0.317 e. The average molecular weight is 377 g/mol. The molecular formula is C23H28N4O. The number of urea groups is 1. The number of hydrogen-bond donors (Lipinski definition) is 2. The van der Waals surface area contributed by atoms with Gasteiger partial charge in [-0.15, -0.1) is 0 Å². The first-order chi connectivity index (χ1) is 13.6. The van der Waals surface area contributed by atoms with Crippen molar-refractivity contribution in [1.29, 1.82) is 0 Å². The molecular weight excluding hydrogens is 348 g/mol. The number of para-hydroxylation sites is 1. The highest BCUT2D eigenvalue weighted by Gasteiger charge is 2.21. The van der Waals surface area contributed by atoms with Crippen molar-refractivity contribution in [1.82, 2.24) is 15.2 Å². The second-order valence-electron chi connectivity index (χ2n) is 7.58. The quantitative estimate of drug-likeness (QED) is 0.726. The van der Waals surface area contributed by atoms with Crippen molar-refractivity contribution in [2.45, 2.75) is 20.3 Å². The van der Waals surface area contributed by atoms with Crippen molar-refractivity contribution in [3.8, 4) is 0 Å². The van der Waals surface area contributed by atoms with Crippen LogP contribution in [0.2, 0.25) is 0 Å². The molecule has 0 radical (unpaired) electrons. The third-order valence-electron chi connectivity index (χ3n) is 5.77. The van der Waals surface area contributed by atoms with Crippen LogP contribution in [-0.4, -0.2) is 48.6 Å². The molecule has 1 saturated heterocycles. The summed E-state index contributed by atoms with van der Waals surface area (Å²) in [6, 6.07) is 14.9. The van der Waals surface area contributed by atoms with E-state index in [9.17, 15) is 4.79 Å². The number of hydrogen-bond acceptors (Lipinski definition) is 2. The second-order valence-corrected chi connectivity index (χ2v) is 7.58. The fourth-order valence-electron chi connectivity index (χ4n) is 3.84. The molecule has 4 rings (SSSR count). The molecule has 0 unspecified atom stereocenters. The molecule has 0 bridgehead atoms. The Hall–Kier alpha value is -2.95. The number of fused-ring (bicyclic) bond motifs is 1. The predicted molar refractivity (Wildman–Crippen MR) is 115 cm³/mol. The molecule has 146 valence electrons. The molecule has 2 N–H and O–H groups in total. The summed E-state index contributed by atoms with van der Waals surface area (Å²) in [6.07, 6.45) is 2.87. The topological polar surface area (TPSA) is 51.4 Å². The summed E-state index contributed by atoms with van der Waals surface area (Å²) >= 11 is 0. The van der Waals surface area contributed by atoms with Crippen molar-refractivity contribution in [2.75, 3.05) is 37.6 Å². The van der Waals surface area contributed by atoms with E-state index in [4.69, 9.17) is 0 Å². The van der Waals surface area contributed by atoms with Crippen LogP contribution in [0.25, 0.3) is 10.9 Å². The van der Waals surface area contributed by atoms with Crippen LogP contribution in [-0.2, 0) is 6.42 Å². The lowest BCUT2D eigenvalue weighted by molar-refractivity contribution is 0.194. The summed E-state index contributed by atoms with van der Waals surface area (Å²) in [5.74, 6) is 0. The van der Waals surface area contributed by atoms with E-state index in [1.165, 1.54) is 27.8 Å². The molecule has 0 spiro atoms. The minimum atomic E-state index is 0.0413. The van der Waals surface area contributed by atoms with Crippen LogP contribution in [0, 0.1) is 13.8 Å². The smallest absolute Gasteiger partial charge is 0.317 e. The molecule has 1 aromatic heterocycles. The molecule has 3 aromatic rings. The third-order valence-corrected chi connectivity index (χ3v) is 5.77. The summed E-state index contributed by atoms with van der Waals surface area (Å²) < 4.78 is 0. The summed E-state index contributed by atoms with van der Waals surface area (Å²) in [5, 5.41) is 4.32. The van der Waals surface area contributed by atoms with Crippen molar-refractivity contribution in [2.24, 2.45) is 0 Å². The van der Waals surface area contributed by atoms with Gasteiger partial charge in [0.2, 0.25) is 0 Å². The Bertz CT molecular complexity index is 970. The molecule has 1 fully saturated rings. The number of amides is 2. The number of aromatic nitrogens is 1. The normalized spacial score (nSPS) is 14.5. The SMILES string of the molecule is Cc1ccc(N2CCN(C(=O)NCCc3c[nH]c4ccccc34)CC2)cc1C. The van der Waals surface area contributed by atoms with Crippen molar-refractivity contribution in [3.63, 3.8) is 0 Å². The zero-order chi connectivity index (χ0) is 19.5. The molecule has 0 atom stereocenters. The monoisotopic (exact) mass is 376 g/mol. The number of nitrogens with one attached hydrogen (secondary N) is 2. The first kappa shape index (κ1) is 18.4. The second kappa shape index (κ2) is 7.97. The maximum atomic E-state index is 12.5. The Balaban J connectivity index is 1.26.